The van der Waals surface area contributed by atoms with Gasteiger partial charge in [0.2, 0.25) is 5.28 Å². The average Bonchev–Trinajstić information content (AvgIpc) is 3.05. The lowest BCUT2D eigenvalue weighted by Gasteiger charge is -2.11. The predicted molar refractivity (Wildman–Crippen MR) is 74.5 cm³/mol. The lowest BCUT2D eigenvalue weighted by molar-refractivity contribution is 0.192. The minimum absolute atomic E-state index is 0.129. The molecular weight excluding hydrogens is 286 g/mol. The van der Waals surface area contributed by atoms with E-state index in [1.165, 1.54) is 0 Å². The first-order valence-electron chi connectivity index (χ1n) is 5.54. The first-order chi connectivity index (χ1) is 9.24. The molecule has 3 heterocycles. The van der Waals surface area contributed by atoms with E-state index in [9.17, 15) is 5.11 Å². The van der Waals surface area contributed by atoms with Crippen LogP contribution in [0.2, 0.25) is 5.28 Å². The highest BCUT2D eigenvalue weighted by Crippen LogP contribution is 2.22. The second-order valence-corrected chi connectivity index (χ2v) is 5.05. The highest BCUT2D eigenvalue weighted by atomic mass is 35.5. The Bertz CT molecular complexity index is 684. The molecule has 0 aliphatic heterocycles. The summed E-state index contributed by atoms with van der Waals surface area (Å²) in [5.74, 6) is 0.554. The van der Waals surface area contributed by atoms with Gasteiger partial charge in [0.1, 0.15) is 5.82 Å². The number of aromatic nitrogens is 4. The molecule has 0 fully saturated rings. The predicted octanol–water partition coefficient (Wildman–Crippen LogP) is 2.21. The van der Waals surface area contributed by atoms with E-state index in [1.807, 2.05) is 16.8 Å². The number of H-pyrrole nitrogens is 1. The molecule has 98 valence electrons. The molecule has 0 saturated carbocycles. The van der Waals surface area contributed by atoms with Crippen LogP contribution in [-0.2, 0) is 0 Å². The molecule has 0 aromatic carbocycles. The van der Waals surface area contributed by atoms with E-state index < -0.39 is 6.10 Å². The van der Waals surface area contributed by atoms with Crippen LogP contribution in [0.4, 0.5) is 5.82 Å². The zero-order valence-electron chi connectivity index (χ0n) is 9.67. The van der Waals surface area contributed by atoms with Crippen molar-refractivity contribution in [3.8, 4) is 0 Å². The van der Waals surface area contributed by atoms with Gasteiger partial charge in [-0.3, -0.25) is 5.10 Å². The number of aliphatic hydroxyl groups is 1. The fraction of sp³-hybridized carbons (Fsp3) is 0.182. The van der Waals surface area contributed by atoms with Crippen LogP contribution in [0.3, 0.4) is 0 Å². The first kappa shape index (κ1) is 12.3. The van der Waals surface area contributed by atoms with E-state index in [0.29, 0.717) is 18.0 Å². The third-order valence-electron chi connectivity index (χ3n) is 2.67. The number of thiophene rings is 1. The van der Waals surface area contributed by atoms with Crippen LogP contribution in [0.1, 0.15) is 11.7 Å². The van der Waals surface area contributed by atoms with Crippen LogP contribution in [0, 0.1) is 0 Å². The number of aromatic amines is 1. The maximum absolute atomic E-state index is 10.0. The lowest BCUT2D eigenvalue weighted by atomic mass is 10.2. The molecule has 3 N–H and O–H groups in total. The highest BCUT2D eigenvalue weighted by Gasteiger charge is 2.11. The van der Waals surface area contributed by atoms with Crippen LogP contribution >= 0.6 is 22.9 Å². The Hall–Kier alpha value is -1.70. The van der Waals surface area contributed by atoms with E-state index in [0.717, 1.165) is 10.9 Å². The Kier molecular flexibility index (Phi) is 3.33. The van der Waals surface area contributed by atoms with Crippen molar-refractivity contribution in [2.24, 2.45) is 0 Å². The molecule has 1 atom stereocenters. The second-order valence-electron chi connectivity index (χ2n) is 3.93. The van der Waals surface area contributed by atoms with Crippen molar-refractivity contribution in [3.05, 3.63) is 33.9 Å². The molecule has 3 aromatic heterocycles. The molecule has 0 aliphatic rings. The van der Waals surface area contributed by atoms with Crippen molar-refractivity contribution in [2.45, 2.75) is 6.10 Å². The normalized spacial score (nSPS) is 12.7. The summed E-state index contributed by atoms with van der Waals surface area (Å²) < 4.78 is 0. The standard InChI is InChI=1S/C11H10ClN5OS/c12-11-15-9(7-3-14-17-10(7)16-11)13-4-8(18)6-1-2-19-5-6/h1-3,5,8,18H,4H2,(H2,13,14,15,16,17). The van der Waals surface area contributed by atoms with Gasteiger partial charge in [0, 0.05) is 6.54 Å². The van der Waals surface area contributed by atoms with Crippen LogP contribution in [0.25, 0.3) is 11.0 Å². The number of rotatable bonds is 4. The molecular formula is C11H10ClN5OS. The largest absolute Gasteiger partial charge is 0.387 e. The Balaban J connectivity index is 1.80. The number of nitrogens with one attached hydrogen (secondary N) is 2. The Morgan fingerprint density at radius 3 is 3.16 bits per heavy atom. The number of hydrogen-bond donors (Lipinski definition) is 3. The van der Waals surface area contributed by atoms with E-state index in [-0.39, 0.29) is 5.28 Å². The van der Waals surface area contributed by atoms with Crippen LogP contribution in [0.5, 0.6) is 0 Å². The molecule has 0 aliphatic carbocycles. The van der Waals surface area contributed by atoms with E-state index in [4.69, 9.17) is 11.6 Å². The molecule has 3 rings (SSSR count). The fourth-order valence-electron chi connectivity index (χ4n) is 1.72. The monoisotopic (exact) mass is 295 g/mol. The molecule has 0 amide bonds. The summed E-state index contributed by atoms with van der Waals surface area (Å²) in [7, 11) is 0. The third kappa shape index (κ3) is 2.53. The highest BCUT2D eigenvalue weighted by molar-refractivity contribution is 7.07. The Morgan fingerprint density at radius 2 is 2.37 bits per heavy atom. The van der Waals surface area contributed by atoms with Crippen LogP contribution in [0.15, 0.2) is 23.0 Å². The molecule has 19 heavy (non-hydrogen) atoms. The Labute approximate surface area is 117 Å². The molecule has 0 spiro atoms. The molecule has 0 saturated heterocycles. The minimum atomic E-state index is -0.595. The molecule has 3 aromatic rings. The maximum atomic E-state index is 10.0. The van der Waals surface area contributed by atoms with Crippen molar-refractivity contribution in [2.75, 3.05) is 11.9 Å². The molecule has 8 heteroatoms. The summed E-state index contributed by atoms with van der Waals surface area (Å²) in [5.41, 5.74) is 1.44. The quantitative estimate of drug-likeness (QED) is 0.642. The molecule has 6 nitrogen and oxygen atoms in total. The average molecular weight is 296 g/mol. The smallest absolute Gasteiger partial charge is 0.226 e. The summed E-state index contributed by atoms with van der Waals surface area (Å²) in [4.78, 5) is 8.11. The minimum Gasteiger partial charge on any atom is -0.387 e. The van der Waals surface area contributed by atoms with E-state index in [1.54, 1.807) is 17.5 Å². The molecule has 0 radical (unpaired) electrons. The number of hydrogen-bond acceptors (Lipinski definition) is 6. The van der Waals surface area contributed by atoms with Gasteiger partial charge in [-0.2, -0.15) is 26.4 Å². The van der Waals surface area contributed by atoms with Crippen molar-refractivity contribution in [1.29, 1.82) is 0 Å². The lowest BCUT2D eigenvalue weighted by Crippen LogP contribution is -2.12. The van der Waals surface area contributed by atoms with Crippen molar-refractivity contribution in [3.63, 3.8) is 0 Å². The van der Waals surface area contributed by atoms with Crippen LogP contribution in [-0.4, -0.2) is 31.8 Å². The summed E-state index contributed by atoms with van der Waals surface area (Å²) in [6.07, 6.45) is 1.02. The van der Waals surface area contributed by atoms with Gasteiger partial charge in [-0.1, -0.05) is 0 Å². The van der Waals surface area contributed by atoms with E-state index >= 15 is 0 Å². The summed E-state index contributed by atoms with van der Waals surface area (Å²) in [6.45, 7) is 0.338. The molecule has 0 bridgehead atoms. The van der Waals surface area contributed by atoms with Gasteiger partial charge in [0.05, 0.1) is 17.7 Å². The maximum Gasteiger partial charge on any atom is 0.226 e. The topological polar surface area (TPSA) is 86.7 Å². The fourth-order valence-corrected chi connectivity index (χ4v) is 2.59. The van der Waals surface area contributed by atoms with Crippen molar-refractivity contribution < 1.29 is 5.11 Å². The number of fused-ring (bicyclic) bond motifs is 1. The zero-order chi connectivity index (χ0) is 13.2. The first-order valence-corrected chi connectivity index (χ1v) is 6.87. The summed E-state index contributed by atoms with van der Waals surface area (Å²) in [6, 6.07) is 1.89. The van der Waals surface area contributed by atoms with Gasteiger partial charge in [0.15, 0.2) is 5.65 Å². The zero-order valence-corrected chi connectivity index (χ0v) is 11.2. The summed E-state index contributed by atoms with van der Waals surface area (Å²) >= 11 is 7.37. The number of anilines is 1. The molecule has 1 unspecified atom stereocenters. The van der Waals surface area contributed by atoms with Gasteiger partial charge in [-0.05, 0) is 34.0 Å². The number of aliphatic hydroxyl groups excluding tert-OH is 1. The van der Waals surface area contributed by atoms with Crippen molar-refractivity contribution in [1.82, 2.24) is 20.2 Å². The van der Waals surface area contributed by atoms with E-state index in [2.05, 4.69) is 25.5 Å². The Morgan fingerprint density at radius 1 is 1.47 bits per heavy atom. The third-order valence-corrected chi connectivity index (χ3v) is 3.54. The number of halogens is 1. The number of nitrogens with zero attached hydrogens (tertiary/aromatic N) is 3. The van der Waals surface area contributed by atoms with Gasteiger partial charge in [-0.15, -0.1) is 0 Å². The van der Waals surface area contributed by atoms with Gasteiger partial charge < -0.3 is 10.4 Å². The van der Waals surface area contributed by atoms with Gasteiger partial charge in [-0.25, -0.2) is 0 Å². The SMILES string of the molecule is OC(CNc1nc(Cl)nc2[nH]ncc12)c1ccsc1. The summed E-state index contributed by atoms with van der Waals surface area (Å²) in [5, 5.41) is 24.4. The van der Waals surface area contributed by atoms with Crippen molar-refractivity contribution >= 4 is 39.8 Å². The second kappa shape index (κ2) is 5.12. The van der Waals surface area contributed by atoms with Crippen LogP contribution < -0.4 is 5.32 Å². The van der Waals surface area contributed by atoms with Gasteiger partial charge >= 0.3 is 0 Å². The van der Waals surface area contributed by atoms with Gasteiger partial charge in [0.25, 0.3) is 0 Å².